The van der Waals surface area contributed by atoms with Crippen LogP contribution in [0.25, 0.3) is 39.4 Å². The predicted molar refractivity (Wildman–Crippen MR) is 128 cm³/mol. The van der Waals surface area contributed by atoms with Gasteiger partial charge in [0.1, 0.15) is 11.4 Å². The molecule has 9 heteroatoms. The average Bonchev–Trinajstić information content (AvgIpc) is 3.48. The van der Waals surface area contributed by atoms with Crippen molar-refractivity contribution in [1.82, 2.24) is 39.3 Å². The van der Waals surface area contributed by atoms with Crippen molar-refractivity contribution in [3.63, 3.8) is 0 Å². The van der Waals surface area contributed by atoms with Gasteiger partial charge in [0.25, 0.3) is 0 Å². The van der Waals surface area contributed by atoms with Gasteiger partial charge in [-0.2, -0.15) is 5.10 Å². The van der Waals surface area contributed by atoms with Gasteiger partial charge < -0.3 is 9.30 Å². The summed E-state index contributed by atoms with van der Waals surface area (Å²) in [7, 11) is 1.66. The summed E-state index contributed by atoms with van der Waals surface area (Å²) in [5, 5.41) is 5.50. The summed E-state index contributed by atoms with van der Waals surface area (Å²) in [4.78, 5) is 23.3. The first-order valence-electron chi connectivity index (χ1n) is 10.8. The summed E-state index contributed by atoms with van der Waals surface area (Å²) in [5.74, 6) is 1.93. The Morgan fingerprint density at radius 3 is 2.65 bits per heavy atom. The van der Waals surface area contributed by atoms with E-state index in [0.717, 1.165) is 27.9 Å². The SMILES string of the molecule is COc1ccc(Cn2cnc3c(-n4ncc5cnccc54)nc(-c4cccc(C)n4)nc32)cc1. The third kappa shape index (κ3) is 3.43. The molecule has 0 fully saturated rings. The molecule has 1 aromatic carbocycles. The van der Waals surface area contributed by atoms with Crippen LogP contribution in [0.5, 0.6) is 5.75 Å². The van der Waals surface area contributed by atoms with E-state index in [2.05, 4.69) is 20.1 Å². The second-order valence-corrected chi connectivity index (χ2v) is 7.92. The molecule has 0 spiro atoms. The van der Waals surface area contributed by atoms with Gasteiger partial charge in [-0.3, -0.25) is 4.98 Å². The van der Waals surface area contributed by atoms with Crippen LogP contribution in [0.15, 0.2) is 73.4 Å². The minimum atomic E-state index is 0.514. The molecule has 0 N–H and O–H groups in total. The molecule has 0 aliphatic carbocycles. The Labute approximate surface area is 194 Å². The molecule has 0 atom stereocenters. The minimum absolute atomic E-state index is 0.514. The van der Waals surface area contributed by atoms with E-state index in [1.807, 2.05) is 60.0 Å². The largest absolute Gasteiger partial charge is 0.497 e. The van der Waals surface area contributed by atoms with E-state index in [1.165, 1.54) is 0 Å². The number of ether oxygens (including phenoxy) is 1. The lowest BCUT2D eigenvalue weighted by molar-refractivity contribution is 0.414. The van der Waals surface area contributed by atoms with Gasteiger partial charge in [0, 0.05) is 23.5 Å². The molecule has 0 saturated carbocycles. The van der Waals surface area contributed by atoms with Crippen LogP contribution >= 0.6 is 0 Å². The number of benzene rings is 1. The molecule has 0 unspecified atom stereocenters. The molecule has 6 aromatic rings. The van der Waals surface area contributed by atoms with Crippen molar-refractivity contribution in [2.75, 3.05) is 7.11 Å². The van der Waals surface area contributed by atoms with Crippen molar-refractivity contribution >= 4 is 22.1 Å². The molecule has 34 heavy (non-hydrogen) atoms. The number of hydrogen-bond acceptors (Lipinski definition) is 7. The van der Waals surface area contributed by atoms with Crippen molar-refractivity contribution in [3.05, 3.63) is 84.7 Å². The summed E-state index contributed by atoms with van der Waals surface area (Å²) >= 11 is 0. The molecule has 5 heterocycles. The zero-order chi connectivity index (χ0) is 23.1. The first-order valence-corrected chi connectivity index (χ1v) is 10.8. The van der Waals surface area contributed by atoms with Crippen LogP contribution < -0.4 is 4.74 Å². The summed E-state index contributed by atoms with van der Waals surface area (Å²) in [6.45, 7) is 2.55. The maximum Gasteiger partial charge on any atom is 0.186 e. The fraction of sp³-hybridized carbons (Fsp3) is 0.120. The highest BCUT2D eigenvalue weighted by Gasteiger charge is 2.19. The Hall–Kier alpha value is -4.66. The van der Waals surface area contributed by atoms with E-state index >= 15 is 0 Å². The number of pyridine rings is 2. The van der Waals surface area contributed by atoms with Crippen molar-refractivity contribution in [2.24, 2.45) is 0 Å². The highest BCUT2D eigenvalue weighted by atomic mass is 16.5. The standard InChI is InChI=1S/C25H20N8O/c1-16-4-3-5-20(29-16)23-30-24-22(25(31-23)33-21-10-11-26-12-18(21)13-28-33)27-15-32(24)14-17-6-8-19(34-2)9-7-17/h3-13,15H,14H2,1-2H3. The molecule has 5 aromatic heterocycles. The van der Waals surface area contributed by atoms with E-state index in [0.29, 0.717) is 35.0 Å². The van der Waals surface area contributed by atoms with Crippen molar-refractivity contribution in [2.45, 2.75) is 13.5 Å². The van der Waals surface area contributed by atoms with E-state index in [9.17, 15) is 0 Å². The predicted octanol–water partition coefficient (Wildman–Crippen LogP) is 3.99. The molecule has 0 bridgehead atoms. The number of fused-ring (bicyclic) bond motifs is 2. The Bertz CT molecular complexity index is 1630. The zero-order valence-electron chi connectivity index (χ0n) is 18.6. The molecule has 0 radical (unpaired) electrons. The van der Waals surface area contributed by atoms with Crippen LogP contribution in [0, 0.1) is 6.92 Å². The number of nitrogens with zero attached hydrogens (tertiary/aromatic N) is 8. The molecule has 6 rings (SSSR count). The van der Waals surface area contributed by atoms with Gasteiger partial charge in [0.2, 0.25) is 0 Å². The fourth-order valence-electron chi connectivity index (χ4n) is 3.95. The van der Waals surface area contributed by atoms with E-state index in [-0.39, 0.29) is 0 Å². The molecule has 0 aliphatic heterocycles. The Kier molecular flexibility index (Phi) is 4.72. The molecule has 0 aliphatic rings. The van der Waals surface area contributed by atoms with Gasteiger partial charge in [0.05, 0.1) is 31.7 Å². The maximum absolute atomic E-state index is 5.28. The van der Waals surface area contributed by atoms with Crippen LogP contribution in [-0.4, -0.2) is 46.4 Å². The van der Waals surface area contributed by atoms with Crippen LogP contribution in [0.2, 0.25) is 0 Å². The van der Waals surface area contributed by atoms with Crippen molar-refractivity contribution in [1.29, 1.82) is 0 Å². The van der Waals surface area contributed by atoms with Gasteiger partial charge in [-0.05, 0) is 42.8 Å². The molecule has 0 amide bonds. The molecule has 0 saturated heterocycles. The van der Waals surface area contributed by atoms with Gasteiger partial charge in [-0.15, -0.1) is 0 Å². The third-order valence-corrected chi connectivity index (χ3v) is 5.64. The quantitative estimate of drug-likeness (QED) is 0.393. The van der Waals surface area contributed by atoms with Gasteiger partial charge >= 0.3 is 0 Å². The molecular weight excluding hydrogens is 428 g/mol. The van der Waals surface area contributed by atoms with Crippen LogP contribution in [0.1, 0.15) is 11.3 Å². The lowest BCUT2D eigenvalue weighted by Gasteiger charge is -2.09. The lowest BCUT2D eigenvalue weighted by Crippen LogP contribution is -2.06. The van der Waals surface area contributed by atoms with Crippen LogP contribution in [0.3, 0.4) is 0 Å². The Balaban J connectivity index is 1.55. The lowest BCUT2D eigenvalue weighted by atomic mass is 10.2. The van der Waals surface area contributed by atoms with Gasteiger partial charge in [-0.1, -0.05) is 18.2 Å². The van der Waals surface area contributed by atoms with E-state index in [4.69, 9.17) is 14.7 Å². The monoisotopic (exact) mass is 448 g/mol. The first kappa shape index (κ1) is 20.0. The van der Waals surface area contributed by atoms with Crippen LogP contribution in [-0.2, 0) is 6.54 Å². The summed E-state index contributed by atoms with van der Waals surface area (Å²) < 4.78 is 9.07. The van der Waals surface area contributed by atoms with E-state index in [1.54, 1.807) is 36.7 Å². The summed E-state index contributed by atoms with van der Waals surface area (Å²) in [6.07, 6.45) is 7.08. The summed E-state index contributed by atoms with van der Waals surface area (Å²) in [5.41, 5.74) is 4.95. The number of aryl methyl sites for hydroxylation is 1. The molecule has 166 valence electrons. The van der Waals surface area contributed by atoms with Crippen molar-refractivity contribution < 1.29 is 4.74 Å². The zero-order valence-corrected chi connectivity index (χ0v) is 18.6. The second-order valence-electron chi connectivity index (χ2n) is 7.92. The maximum atomic E-state index is 5.28. The Morgan fingerprint density at radius 2 is 1.82 bits per heavy atom. The molecule has 9 nitrogen and oxygen atoms in total. The number of methoxy groups -OCH3 is 1. The number of aromatic nitrogens is 8. The fourth-order valence-corrected chi connectivity index (χ4v) is 3.95. The summed E-state index contributed by atoms with van der Waals surface area (Å²) in [6, 6.07) is 15.7. The minimum Gasteiger partial charge on any atom is -0.497 e. The normalized spacial score (nSPS) is 11.4. The van der Waals surface area contributed by atoms with Gasteiger partial charge in [-0.25, -0.2) is 24.6 Å². The number of hydrogen-bond donors (Lipinski definition) is 0. The van der Waals surface area contributed by atoms with Gasteiger partial charge in [0.15, 0.2) is 22.8 Å². The van der Waals surface area contributed by atoms with Crippen molar-refractivity contribution in [3.8, 4) is 23.1 Å². The topological polar surface area (TPSA) is 96.4 Å². The van der Waals surface area contributed by atoms with E-state index < -0.39 is 0 Å². The molecular formula is C25H20N8O. The number of rotatable bonds is 5. The first-order chi connectivity index (χ1) is 16.7. The Morgan fingerprint density at radius 1 is 0.941 bits per heavy atom. The smallest absolute Gasteiger partial charge is 0.186 e. The highest BCUT2D eigenvalue weighted by Crippen LogP contribution is 2.26. The average molecular weight is 448 g/mol. The third-order valence-electron chi connectivity index (χ3n) is 5.64. The highest BCUT2D eigenvalue weighted by molar-refractivity contribution is 5.85. The van der Waals surface area contributed by atoms with Crippen LogP contribution in [0.4, 0.5) is 0 Å². The number of imidazole rings is 1. The second kappa shape index (κ2) is 8.04.